The SMILES string of the molecule is N#Cc1ccc(CC2OC(=O)c3c(-c4ccco4)nc(N)nc32)cc1.N#Cc1ccc(CC2OC(=O)c3c(-c4ccco4)nc(N)nc32)cc1F.Nc1nc(-c2ccco2)c2c(n1)C(Cc1ccc(Cl)cc1F)OC2=O.Nc1nc(-c2ccco2)c2c(n1)C(Cc1ccccc1F)OC2=O. The highest BCUT2D eigenvalue weighted by Gasteiger charge is 2.42. The minimum Gasteiger partial charge on any atom is -0.463 e. The number of rotatable bonds is 12. The van der Waals surface area contributed by atoms with Crippen molar-refractivity contribution < 1.29 is 69.0 Å². The minimum absolute atomic E-state index is 0.00279. The highest BCUT2D eigenvalue weighted by atomic mass is 35.5. The molecular formula is C70H46ClF3N14O12. The average Bonchev–Trinajstić information content (AvgIpc) is 1.63. The standard InChI is InChI=1S/C18H11FN4O3.C18H12N4O3.C17H11ClFN3O3.C17H12FN3O3/c19-11-6-9(3-4-10(11)8-20)7-13-16-14(17(24)26-13)15(22-18(21)23-16)12-2-1-5-25-12;19-9-11-5-3-10(4-6-11)8-13-16-14(17(23)25-13)15(21-18(20)22-16)12-2-1-7-24-12;18-9-4-3-8(10(19)7-9)6-12-15-13(16(23)25-12)14(21-17(20)22-15)11-2-1-5-24-11;18-10-5-2-1-4-9(10)8-12-15-13(16(22)24-12)14(20-17(19)21-15)11-6-3-7-23-11/h1-6,13H,7H2,(H2,21,22,23);1-7,13H,8H2,(H2,20,21,22);1-5,7,12H,6H2,(H2,20,21,22);1-7,12H,8H2,(H2,19,20,21). The minimum atomic E-state index is -0.766. The van der Waals surface area contributed by atoms with E-state index >= 15 is 0 Å². The number of furan rings is 4. The van der Waals surface area contributed by atoms with E-state index in [-0.39, 0.29) is 98.8 Å². The third-order valence-electron chi connectivity index (χ3n) is 15.7. The number of nitrogen functional groups attached to an aromatic ring is 4. The number of halogens is 4. The first-order chi connectivity index (χ1) is 48.4. The summed E-state index contributed by atoms with van der Waals surface area (Å²) in [6.45, 7) is 0. The molecule has 4 aromatic carbocycles. The van der Waals surface area contributed by atoms with Crippen molar-refractivity contribution in [3.8, 4) is 58.0 Å². The van der Waals surface area contributed by atoms with Gasteiger partial charge in [-0.05, 0) is 113 Å². The molecule has 12 aromatic rings. The van der Waals surface area contributed by atoms with Crippen molar-refractivity contribution in [1.29, 1.82) is 10.5 Å². The summed E-state index contributed by atoms with van der Waals surface area (Å²) in [6.07, 6.45) is 3.99. The van der Waals surface area contributed by atoms with Gasteiger partial charge in [0.25, 0.3) is 0 Å². The zero-order chi connectivity index (χ0) is 69.9. The van der Waals surface area contributed by atoms with Gasteiger partial charge < -0.3 is 59.6 Å². The second-order valence-corrected chi connectivity index (χ2v) is 22.6. The second kappa shape index (κ2) is 27.7. The normalized spacial score (nSPS) is 15.7. The smallest absolute Gasteiger partial charge is 0.343 e. The molecule has 8 N–H and O–H groups in total. The number of nitrogens with zero attached hydrogens (tertiary/aromatic N) is 10. The lowest BCUT2D eigenvalue weighted by molar-refractivity contribution is 0.0371. The third-order valence-corrected chi connectivity index (χ3v) is 16.0. The van der Waals surface area contributed by atoms with Crippen LogP contribution in [-0.4, -0.2) is 63.7 Å². The maximum atomic E-state index is 14.1. The first-order valence-corrected chi connectivity index (χ1v) is 30.3. The molecule has 0 bridgehead atoms. The number of cyclic esters (lactones) is 4. The number of fused-ring (bicyclic) bond motifs is 4. The lowest BCUT2D eigenvalue weighted by Crippen LogP contribution is -2.08. The van der Waals surface area contributed by atoms with Crippen LogP contribution in [0.5, 0.6) is 0 Å². The van der Waals surface area contributed by atoms with Crippen LogP contribution >= 0.6 is 11.6 Å². The molecule has 0 saturated carbocycles. The van der Waals surface area contributed by atoms with Crippen LogP contribution in [0.4, 0.5) is 37.0 Å². The van der Waals surface area contributed by atoms with E-state index in [1.165, 1.54) is 49.3 Å². The number of ether oxygens (including phenoxy) is 4. The van der Waals surface area contributed by atoms with Crippen LogP contribution in [0.2, 0.25) is 5.02 Å². The van der Waals surface area contributed by atoms with Crippen LogP contribution < -0.4 is 22.9 Å². The van der Waals surface area contributed by atoms with Crippen molar-refractivity contribution in [3.05, 3.63) is 259 Å². The average molecular weight is 1370 g/mol. The first-order valence-electron chi connectivity index (χ1n) is 29.9. The fraction of sp³-hybridized carbons (Fsp3) is 0.114. The van der Waals surface area contributed by atoms with Crippen molar-refractivity contribution in [1.82, 2.24) is 39.9 Å². The predicted octanol–water partition coefficient (Wildman–Crippen LogP) is 11.9. The summed E-state index contributed by atoms with van der Waals surface area (Å²) in [5.74, 6) is -2.17. The summed E-state index contributed by atoms with van der Waals surface area (Å²) in [7, 11) is 0. The van der Waals surface area contributed by atoms with E-state index < -0.39 is 59.9 Å². The van der Waals surface area contributed by atoms with Gasteiger partial charge in [0.2, 0.25) is 23.8 Å². The third kappa shape index (κ3) is 13.4. The van der Waals surface area contributed by atoms with Gasteiger partial charge in [-0.1, -0.05) is 54.1 Å². The van der Waals surface area contributed by atoms with Crippen LogP contribution in [0.1, 0.15) is 122 Å². The molecule has 26 nitrogen and oxygen atoms in total. The first kappa shape index (κ1) is 65.1. The Hall–Kier alpha value is -13.5. The number of nitrogens with two attached hydrogens (primary N) is 4. The zero-order valence-corrected chi connectivity index (χ0v) is 52.1. The Morgan fingerprint density at radius 1 is 0.390 bits per heavy atom. The number of hydrogen-bond donors (Lipinski definition) is 4. The fourth-order valence-electron chi connectivity index (χ4n) is 11.3. The van der Waals surface area contributed by atoms with Gasteiger partial charge in [0.1, 0.15) is 116 Å². The lowest BCUT2D eigenvalue weighted by Gasteiger charge is -2.11. The Morgan fingerprint density at radius 2 is 0.760 bits per heavy atom. The Balaban J connectivity index is 0.000000120. The quantitative estimate of drug-likeness (QED) is 0.0652. The number of carbonyl (C=O) groups excluding carboxylic acids is 4. The summed E-state index contributed by atoms with van der Waals surface area (Å²) in [6, 6.07) is 39.1. The van der Waals surface area contributed by atoms with Crippen LogP contribution in [0.15, 0.2) is 176 Å². The molecule has 8 aromatic heterocycles. The van der Waals surface area contributed by atoms with Crippen LogP contribution in [0, 0.1) is 40.1 Å². The molecule has 12 heterocycles. The van der Waals surface area contributed by atoms with Gasteiger partial charge in [-0.3, -0.25) is 0 Å². The van der Waals surface area contributed by atoms with E-state index in [2.05, 4.69) is 45.9 Å². The van der Waals surface area contributed by atoms with Crippen molar-refractivity contribution in [2.45, 2.75) is 50.1 Å². The number of hydrogen-bond acceptors (Lipinski definition) is 26. The summed E-state index contributed by atoms with van der Waals surface area (Å²) in [4.78, 5) is 82.4. The molecule has 0 saturated heterocycles. The highest BCUT2D eigenvalue weighted by molar-refractivity contribution is 6.30. The maximum Gasteiger partial charge on any atom is 0.343 e. The van der Waals surface area contributed by atoms with Crippen molar-refractivity contribution in [2.24, 2.45) is 0 Å². The largest absolute Gasteiger partial charge is 0.463 e. The molecule has 0 spiro atoms. The van der Waals surface area contributed by atoms with Gasteiger partial charge in [-0.25, -0.2) is 72.2 Å². The van der Waals surface area contributed by atoms with Gasteiger partial charge in [0.15, 0.2) is 23.0 Å². The maximum absolute atomic E-state index is 14.1. The Morgan fingerprint density at radius 3 is 1.11 bits per heavy atom. The highest BCUT2D eigenvalue weighted by Crippen LogP contribution is 2.42. The van der Waals surface area contributed by atoms with Gasteiger partial charge in [-0.2, -0.15) is 10.5 Å². The molecule has 4 atom stereocenters. The van der Waals surface area contributed by atoms with Gasteiger partial charge in [0.05, 0.1) is 42.2 Å². The lowest BCUT2D eigenvalue weighted by atomic mass is 10.0. The van der Waals surface area contributed by atoms with Gasteiger partial charge in [-0.15, -0.1) is 0 Å². The van der Waals surface area contributed by atoms with Crippen LogP contribution in [0.25, 0.3) is 45.8 Å². The Labute approximate surface area is 566 Å². The molecule has 4 aliphatic heterocycles. The van der Waals surface area contributed by atoms with Gasteiger partial charge in [0, 0.05) is 30.7 Å². The molecular weight excluding hydrogens is 1320 g/mol. The Kier molecular flexibility index (Phi) is 18.0. The van der Waals surface area contributed by atoms with Crippen LogP contribution in [0.3, 0.4) is 0 Å². The number of anilines is 4. The summed E-state index contributed by atoms with van der Waals surface area (Å²) >= 11 is 5.76. The number of benzene rings is 4. The molecule has 496 valence electrons. The topological polar surface area (TPSA) is 413 Å². The van der Waals surface area contributed by atoms with E-state index in [1.807, 2.05) is 12.1 Å². The summed E-state index contributed by atoms with van der Waals surface area (Å²) in [5.41, 5.74) is 29.3. The van der Waals surface area contributed by atoms with Crippen molar-refractivity contribution >= 4 is 59.3 Å². The molecule has 16 rings (SSSR count). The zero-order valence-electron chi connectivity index (χ0n) is 51.3. The molecule has 0 fully saturated rings. The molecule has 4 aliphatic rings. The fourth-order valence-corrected chi connectivity index (χ4v) is 11.4. The second-order valence-electron chi connectivity index (χ2n) is 22.1. The van der Waals surface area contributed by atoms with E-state index in [0.717, 1.165) is 5.56 Å². The van der Waals surface area contributed by atoms with E-state index in [0.29, 0.717) is 80.2 Å². The number of esters is 4. The summed E-state index contributed by atoms with van der Waals surface area (Å²) in [5, 5.41) is 18.0. The van der Waals surface area contributed by atoms with Gasteiger partial charge >= 0.3 is 23.9 Å². The molecule has 4 unspecified atom stereocenters. The Bertz CT molecular complexity index is 5250. The molecule has 30 heteroatoms. The molecule has 0 amide bonds. The number of carbonyl (C=O) groups is 4. The van der Waals surface area contributed by atoms with E-state index in [4.69, 9.17) is 81.7 Å². The number of aromatic nitrogens is 8. The van der Waals surface area contributed by atoms with Crippen LogP contribution in [-0.2, 0) is 44.6 Å². The number of nitriles is 2. The summed E-state index contributed by atoms with van der Waals surface area (Å²) < 4.78 is 84.7. The predicted molar refractivity (Wildman–Crippen MR) is 344 cm³/mol. The van der Waals surface area contributed by atoms with E-state index in [1.54, 1.807) is 103 Å². The molecule has 100 heavy (non-hydrogen) atoms. The molecule has 0 radical (unpaired) electrons. The monoisotopic (exact) mass is 1370 g/mol. The van der Waals surface area contributed by atoms with Crippen molar-refractivity contribution in [2.75, 3.05) is 22.9 Å². The molecule has 0 aliphatic carbocycles. The van der Waals surface area contributed by atoms with Crippen molar-refractivity contribution in [3.63, 3.8) is 0 Å². The van der Waals surface area contributed by atoms with E-state index in [9.17, 15) is 32.3 Å².